The van der Waals surface area contributed by atoms with Crippen LogP contribution in [0, 0.1) is 0 Å². The van der Waals surface area contributed by atoms with E-state index in [1.807, 2.05) is 0 Å². The molecule has 0 bridgehead atoms. The molecule has 13 heavy (non-hydrogen) atoms. The number of likely N-dealkylation sites (tertiary alicyclic amines) is 1. The van der Waals surface area contributed by atoms with Crippen molar-refractivity contribution in [3.8, 4) is 0 Å². The molecule has 0 amide bonds. The van der Waals surface area contributed by atoms with E-state index in [9.17, 15) is 0 Å². The van der Waals surface area contributed by atoms with Crippen LogP contribution in [0.15, 0.2) is 0 Å². The van der Waals surface area contributed by atoms with E-state index in [0.29, 0.717) is 0 Å². The topological polar surface area (TPSA) is 6.48 Å². The minimum absolute atomic E-state index is 0.897. The zero-order valence-corrected chi connectivity index (χ0v) is 9.00. The summed E-state index contributed by atoms with van der Waals surface area (Å²) in [5, 5.41) is 0. The lowest BCUT2D eigenvalue weighted by Gasteiger charge is -2.36. The molecule has 2 heteroatoms. The van der Waals surface area contributed by atoms with Crippen molar-refractivity contribution in [2.75, 3.05) is 26.7 Å². The average Bonchev–Trinajstić information content (AvgIpc) is 2.93. The van der Waals surface area contributed by atoms with E-state index in [1.165, 1.54) is 45.3 Å². The smallest absolute Gasteiger partial charge is 0.0122 e. The van der Waals surface area contributed by atoms with Gasteiger partial charge in [-0.2, -0.15) is 0 Å². The van der Waals surface area contributed by atoms with Gasteiger partial charge in [-0.25, -0.2) is 0 Å². The van der Waals surface area contributed by atoms with Crippen molar-refractivity contribution in [3.05, 3.63) is 0 Å². The monoisotopic (exact) mass is 182 g/mol. The average molecular weight is 182 g/mol. The first-order valence-electron chi connectivity index (χ1n) is 5.75. The number of nitrogens with zero attached hydrogens (tertiary/aromatic N) is 2. The molecule has 0 aromatic rings. The maximum Gasteiger partial charge on any atom is 0.0122 e. The summed E-state index contributed by atoms with van der Waals surface area (Å²) in [6.07, 6.45) is 5.70. The maximum absolute atomic E-state index is 2.74. The van der Waals surface area contributed by atoms with Gasteiger partial charge in [-0.3, -0.25) is 4.90 Å². The Morgan fingerprint density at radius 1 is 1.08 bits per heavy atom. The maximum atomic E-state index is 2.74. The van der Waals surface area contributed by atoms with Crippen LogP contribution in [0.4, 0.5) is 0 Å². The summed E-state index contributed by atoms with van der Waals surface area (Å²) in [7, 11) is 2.24. The van der Waals surface area contributed by atoms with Crippen LogP contribution in [0.5, 0.6) is 0 Å². The van der Waals surface area contributed by atoms with Crippen LogP contribution in [-0.2, 0) is 0 Å². The van der Waals surface area contributed by atoms with Crippen LogP contribution in [0.25, 0.3) is 0 Å². The van der Waals surface area contributed by atoms with Crippen LogP contribution in [-0.4, -0.2) is 48.6 Å². The molecule has 1 aliphatic heterocycles. The zero-order chi connectivity index (χ0) is 9.26. The second-order valence-electron chi connectivity index (χ2n) is 4.60. The molecule has 0 aromatic heterocycles. The lowest BCUT2D eigenvalue weighted by molar-refractivity contribution is 0.119. The Hall–Kier alpha value is -0.0800. The Morgan fingerprint density at radius 3 is 2.08 bits per heavy atom. The van der Waals surface area contributed by atoms with Crippen LogP contribution in [0.2, 0.25) is 0 Å². The first-order valence-corrected chi connectivity index (χ1v) is 5.75. The zero-order valence-electron chi connectivity index (χ0n) is 9.00. The van der Waals surface area contributed by atoms with E-state index in [4.69, 9.17) is 0 Å². The third-order valence-electron chi connectivity index (χ3n) is 3.54. The SMILES string of the molecule is CCN(C1CC1)C1CCN(C)CC1. The van der Waals surface area contributed by atoms with Gasteiger partial charge in [0.2, 0.25) is 0 Å². The largest absolute Gasteiger partial charge is 0.306 e. The van der Waals surface area contributed by atoms with Crippen molar-refractivity contribution >= 4 is 0 Å². The van der Waals surface area contributed by atoms with Gasteiger partial charge >= 0.3 is 0 Å². The molecule has 0 unspecified atom stereocenters. The Labute approximate surface area is 81.9 Å². The molecule has 1 heterocycles. The Bertz CT molecular complexity index is 157. The molecule has 0 spiro atoms. The summed E-state index contributed by atoms with van der Waals surface area (Å²) in [6, 6.07) is 1.85. The molecule has 1 saturated heterocycles. The van der Waals surface area contributed by atoms with Crippen molar-refractivity contribution < 1.29 is 0 Å². The van der Waals surface area contributed by atoms with Crippen LogP contribution >= 0.6 is 0 Å². The van der Waals surface area contributed by atoms with E-state index < -0.39 is 0 Å². The highest BCUT2D eigenvalue weighted by molar-refractivity contribution is 4.89. The van der Waals surface area contributed by atoms with E-state index in [1.54, 1.807) is 0 Å². The predicted octanol–water partition coefficient (Wildman–Crippen LogP) is 1.56. The van der Waals surface area contributed by atoms with Crippen molar-refractivity contribution in [1.29, 1.82) is 0 Å². The van der Waals surface area contributed by atoms with E-state index in [2.05, 4.69) is 23.8 Å². The van der Waals surface area contributed by atoms with E-state index in [-0.39, 0.29) is 0 Å². The molecule has 1 saturated carbocycles. The van der Waals surface area contributed by atoms with Crippen LogP contribution < -0.4 is 0 Å². The first-order chi connectivity index (χ1) is 6.31. The highest BCUT2D eigenvalue weighted by Gasteiger charge is 2.33. The normalized spacial score (nSPS) is 27.0. The standard InChI is InChI=1S/C11H22N2/c1-3-13(10-4-5-10)11-6-8-12(2)9-7-11/h10-11H,3-9H2,1-2H3. The molecule has 0 radical (unpaired) electrons. The highest BCUT2D eigenvalue weighted by Crippen LogP contribution is 2.31. The van der Waals surface area contributed by atoms with Gasteiger partial charge in [-0.05, 0) is 52.4 Å². The number of piperidine rings is 1. The fraction of sp³-hybridized carbons (Fsp3) is 1.00. The third-order valence-corrected chi connectivity index (χ3v) is 3.54. The summed E-state index contributed by atoms with van der Waals surface area (Å²) < 4.78 is 0. The molecule has 76 valence electrons. The Kier molecular flexibility index (Phi) is 2.89. The van der Waals surface area contributed by atoms with Crippen LogP contribution in [0.1, 0.15) is 32.6 Å². The van der Waals surface area contributed by atoms with Gasteiger partial charge in [0.15, 0.2) is 0 Å². The molecule has 0 aromatic carbocycles. The van der Waals surface area contributed by atoms with E-state index >= 15 is 0 Å². The summed E-state index contributed by atoms with van der Waals surface area (Å²) in [4.78, 5) is 5.20. The van der Waals surface area contributed by atoms with Gasteiger partial charge in [0, 0.05) is 12.1 Å². The number of hydrogen-bond acceptors (Lipinski definition) is 2. The van der Waals surface area contributed by atoms with Gasteiger partial charge in [-0.1, -0.05) is 6.92 Å². The van der Waals surface area contributed by atoms with E-state index in [0.717, 1.165) is 12.1 Å². The van der Waals surface area contributed by atoms with Gasteiger partial charge in [0.05, 0.1) is 0 Å². The molecule has 2 nitrogen and oxygen atoms in total. The van der Waals surface area contributed by atoms with Gasteiger partial charge in [0.1, 0.15) is 0 Å². The summed E-state index contributed by atoms with van der Waals surface area (Å²) in [5.74, 6) is 0. The second-order valence-corrected chi connectivity index (χ2v) is 4.60. The molecular weight excluding hydrogens is 160 g/mol. The lowest BCUT2D eigenvalue weighted by atomic mass is 10.0. The summed E-state index contributed by atoms with van der Waals surface area (Å²) in [6.45, 7) is 6.18. The molecule has 2 aliphatic rings. The molecule has 2 fully saturated rings. The van der Waals surface area contributed by atoms with Gasteiger partial charge in [-0.15, -0.1) is 0 Å². The molecule has 0 N–H and O–H groups in total. The fourth-order valence-electron chi connectivity index (χ4n) is 2.55. The van der Waals surface area contributed by atoms with Crippen LogP contribution in [0.3, 0.4) is 0 Å². The van der Waals surface area contributed by atoms with Gasteiger partial charge in [0.25, 0.3) is 0 Å². The molecular formula is C11H22N2. The summed E-state index contributed by atoms with van der Waals surface area (Å²) in [5.41, 5.74) is 0. The van der Waals surface area contributed by atoms with Crippen molar-refractivity contribution in [2.45, 2.75) is 44.7 Å². The summed E-state index contributed by atoms with van der Waals surface area (Å²) >= 11 is 0. The number of hydrogen-bond donors (Lipinski definition) is 0. The highest BCUT2D eigenvalue weighted by atomic mass is 15.2. The first kappa shape index (κ1) is 9.47. The number of rotatable bonds is 3. The minimum Gasteiger partial charge on any atom is -0.306 e. The third kappa shape index (κ3) is 2.23. The second kappa shape index (κ2) is 3.97. The van der Waals surface area contributed by atoms with Crippen molar-refractivity contribution in [1.82, 2.24) is 9.80 Å². The minimum atomic E-state index is 0.897. The molecule has 0 atom stereocenters. The molecule has 1 aliphatic carbocycles. The van der Waals surface area contributed by atoms with Gasteiger partial charge < -0.3 is 4.90 Å². The Morgan fingerprint density at radius 2 is 1.62 bits per heavy atom. The predicted molar refractivity (Wildman–Crippen MR) is 55.9 cm³/mol. The quantitative estimate of drug-likeness (QED) is 0.653. The van der Waals surface area contributed by atoms with Crippen molar-refractivity contribution in [2.24, 2.45) is 0 Å². The molecule has 2 rings (SSSR count). The fourth-order valence-corrected chi connectivity index (χ4v) is 2.55. The van der Waals surface area contributed by atoms with Crippen molar-refractivity contribution in [3.63, 3.8) is 0 Å². The Balaban J connectivity index is 1.84. The lowest BCUT2D eigenvalue weighted by Crippen LogP contribution is -2.44.